The zero-order valence-corrected chi connectivity index (χ0v) is 19.0. The smallest absolute Gasteiger partial charge is 0.257 e. The minimum absolute atomic E-state index is 0.213. The van der Waals surface area contributed by atoms with Crippen LogP contribution in [0.1, 0.15) is 35.7 Å². The van der Waals surface area contributed by atoms with E-state index < -0.39 is 0 Å². The fourth-order valence-corrected chi connectivity index (χ4v) is 3.19. The van der Waals surface area contributed by atoms with Crippen LogP contribution in [0.2, 0.25) is 0 Å². The van der Waals surface area contributed by atoms with Gasteiger partial charge in [-0.1, -0.05) is 55.8 Å². The molecule has 5 nitrogen and oxygen atoms in total. The number of nitrogens with one attached hydrogen (secondary N) is 2. The molecule has 0 aliphatic heterocycles. The number of thiocarbonyl (C=S) groups is 1. The quantitative estimate of drug-likeness (QED) is 0.312. The summed E-state index contributed by atoms with van der Waals surface area (Å²) in [5.74, 6) is 1.13. The van der Waals surface area contributed by atoms with Gasteiger partial charge in [-0.25, -0.2) is 0 Å². The summed E-state index contributed by atoms with van der Waals surface area (Å²) in [7, 11) is 0. The molecular formula is C26H28N2O3S. The number of carbonyl (C=O) groups excluding carboxylic acids is 1. The standard InChI is InChI=1S/C26H28N2O3S/c1-2-3-18-31-24-12-8-7-11-23(24)27-26(32)28-25(29)21-13-15-22(16-14-21)30-19-17-20-9-5-4-6-10-20/h4-16H,2-3,17-19H2,1H3,(H2,27,28,29,32). The van der Waals surface area contributed by atoms with E-state index in [9.17, 15) is 4.79 Å². The monoisotopic (exact) mass is 448 g/mol. The van der Waals surface area contributed by atoms with E-state index in [0.29, 0.717) is 24.5 Å². The van der Waals surface area contributed by atoms with Gasteiger partial charge in [-0.2, -0.15) is 0 Å². The van der Waals surface area contributed by atoms with Gasteiger partial charge in [0.2, 0.25) is 0 Å². The summed E-state index contributed by atoms with van der Waals surface area (Å²) in [5, 5.41) is 5.96. The molecule has 0 atom stereocenters. The Labute approximate surface area is 194 Å². The number of hydrogen-bond donors (Lipinski definition) is 2. The highest BCUT2D eigenvalue weighted by Gasteiger charge is 2.10. The highest BCUT2D eigenvalue weighted by molar-refractivity contribution is 7.80. The SMILES string of the molecule is CCCCOc1ccccc1NC(=S)NC(=O)c1ccc(OCCc2ccccc2)cc1. The van der Waals surface area contributed by atoms with Gasteiger partial charge in [-0.05, 0) is 60.6 Å². The van der Waals surface area contributed by atoms with Crippen LogP contribution in [0.25, 0.3) is 0 Å². The van der Waals surface area contributed by atoms with E-state index in [0.717, 1.165) is 30.7 Å². The summed E-state index contributed by atoms with van der Waals surface area (Å²) in [4.78, 5) is 12.5. The maximum atomic E-state index is 12.5. The Morgan fingerprint density at radius 3 is 2.34 bits per heavy atom. The molecule has 0 saturated heterocycles. The Kier molecular flexibility index (Phi) is 9.07. The van der Waals surface area contributed by atoms with Gasteiger partial charge in [-0.15, -0.1) is 0 Å². The van der Waals surface area contributed by atoms with Crippen LogP contribution in [0.4, 0.5) is 5.69 Å². The lowest BCUT2D eigenvalue weighted by molar-refractivity contribution is 0.0977. The highest BCUT2D eigenvalue weighted by atomic mass is 32.1. The minimum atomic E-state index is -0.289. The second-order valence-electron chi connectivity index (χ2n) is 7.21. The van der Waals surface area contributed by atoms with Gasteiger partial charge >= 0.3 is 0 Å². The lowest BCUT2D eigenvalue weighted by Crippen LogP contribution is -2.34. The Hall–Kier alpha value is -3.38. The molecule has 0 fully saturated rings. The van der Waals surface area contributed by atoms with Crippen LogP contribution in [-0.2, 0) is 6.42 Å². The molecule has 0 saturated carbocycles. The van der Waals surface area contributed by atoms with Crippen molar-refractivity contribution in [1.82, 2.24) is 5.32 Å². The van der Waals surface area contributed by atoms with Gasteiger partial charge in [0.1, 0.15) is 11.5 Å². The third kappa shape index (κ3) is 7.39. The van der Waals surface area contributed by atoms with E-state index in [1.807, 2.05) is 42.5 Å². The van der Waals surface area contributed by atoms with Crippen molar-refractivity contribution in [3.8, 4) is 11.5 Å². The lowest BCUT2D eigenvalue weighted by Gasteiger charge is -2.14. The van der Waals surface area contributed by atoms with Crippen molar-refractivity contribution in [2.24, 2.45) is 0 Å². The van der Waals surface area contributed by atoms with E-state index in [1.54, 1.807) is 24.3 Å². The average molecular weight is 449 g/mol. The second-order valence-corrected chi connectivity index (χ2v) is 7.62. The van der Waals surface area contributed by atoms with Crippen LogP contribution < -0.4 is 20.1 Å². The molecule has 3 rings (SSSR count). The molecule has 0 heterocycles. The third-order valence-corrected chi connectivity index (χ3v) is 4.94. The fraction of sp³-hybridized carbons (Fsp3) is 0.231. The van der Waals surface area contributed by atoms with Crippen LogP contribution in [0.3, 0.4) is 0 Å². The van der Waals surface area contributed by atoms with Gasteiger partial charge in [0.15, 0.2) is 5.11 Å². The minimum Gasteiger partial charge on any atom is -0.493 e. The Balaban J connectivity index is 1.48. The zero-order chi connectivity index (χ0) is 22.6. The highest BCUT2D eigenvalue weighted by Crippen LogP contribution is 2.24. The second kappa shape index (κ2) is 12.5. The molecule has 0 aliphatic rings. The van der Waals surface area contributed by atoms with E-state index in [1.165, 1.54) is 5.56 Å². The number of benzene rings is 3. The molecule has 3 aromatic rings. The Morgan fingerprint density at radius 2 is 1.59 bits per heavy atom. The van der Waals surface area contributed by atoms with E-state index >= 15 is 0 Å². The number of ether oxygens (including phenoxy) is 2. The maximum absolute atomic E-state index is 12.5. The maximum Gasteiger partial charge on any atom is 0.257 e. The molecule has 32 heavy (non-hydrogen) atoms. The Bertz CT molecular complexity index is 1010. The first-order valence-electron chi connectivity index (χ1n) is 10.8. The first-order valence-corrected chi connectivity index (χ1v) is 11.2. The predicted octanol–water partition coefficient (Wildman–Crippen LogP) is 5.61. The molecule has 0 aliphatic carbocycles. The van der Waals surface area contributed by atoms with Crippen LogP contribution in [0, 0.1) is 0 Å². The van der Waals surface area contributed by atoms with Crippen molar-refractivity contribution in [2.45, 2.75) is 26.2 Å². The molecule has 0 bridgehead atoms. The molecule has 3 aromatic carbocycles. The number of para-hydroxylation sites is 2. The lowest BCUT2D eigenvalue weighted by atomic mass is 10.2. The topological polar surface area (TPSA) is 59.6 Å². The Morgan fingerprint density at radius 1 is 0.875 bits per heavy atom. The van der Waals surface area contributed by atoms with Crippen molar-refractivity contribution in [3.05, 3.63) is 90.0 Å². The predicted molar refractivity (Wildman–Crippen MR) is 133 cm³/mol. The average Bonchev–Trinajstić information content (AvgIpc) is 2.81. The molecule has 1 amide bonds. The molecule has 0 spiro atoms. The number of anilines is 1. The summed E-state index contributed by atoms with van der Waals surface area (Å²) in [6.45, 7) is 3.32. The summed E-state index contributed by atoms with van der Waals surface area (Å²) >= 11 is 5.31. The van der Waals surface area contributed by atoms with Gasteiger partial charge in [0.05, 0.1) is 18.9 Å². The van der Waals surface area contributed by atoms with Crippen molar-refractivity contribution >= 4 is 28.9 Å². The van der Waals surface area contributed by atoms with Crippen LogP contribution in [0.5, 0.6) is 11.5 Å². The molecule has 0 radical (unpaired) electrons. The van der Waals surface area contributed by atoms with Gasteiger partial charge in [-0.3, -0.25) is 10.1 Å². The van der Waals surface area contributed by atoms with Gasteiger partial charge in [0.25, 0.3) is 5.91 Å². The zero-order valence-electron chi connectivity index (χ0n) is 18.2. The third-order valence-electron chi connectivity index (χ3n) is 4.74. The molecule has 2 N–H and O–H groups in total. The van der Waals surface area contributed by atoms with E-state index in [4.69, 9.17) is 21.7 Å². The summed E-state index contributed by atoms with van der Waals surface area (Å²) in [5.41, 5.74) is 2.44. The summed E-state index contributed by atoms with van der Waals surface area (Å²) in [6.07, 6.45) is 2.86. The number of unbranched alkanes of at least 4 members (excludes halogenated alkanes) is 1. The van der Waals surface area contributed by atoms with E-state index in [-0.39, 0.29) is 11.0 Å². The van der Waals surface area contributed by atoms with Crippen LogP contribution in [-0.4, -0.2) is 24.2 Å². The van der Waals surface area contributed by atoms with Crippen LogP contribution in [0.15, 0.2) is 78.9 Å². The number of amides is 1. The van der Waals surface area contributed by atoms with Crippen molar-refractivity contribution in [2.75, 3.05) is 18.5 Å². The first-order chi connectivity index (χ1) is 15.7. The van der Waals surface area contributed by atoms with Crippen molar-refractivity contribution < 1.29 is 14.3 Å². The normalized spacial score (nSPS) is 10.3. The number of hydrogen-bond acceptors (Lipinski definition) is 4. The fourth-order valence-electron chi connectivity index (χ4n) is 2.99. The van der Waals surface area contributed by atoms with Crippen LogP contribution >= 0.6 is 12.2 Å². The first kappa shape index (κ1) is 23.3. The molecule has 166 valence electrons. The largest absolute Gasteiger partial charge is 0.493 e. The molecule has 6 heteroatoms. The number of rotatable bonds is 10. The summed E-state index contributed by atoms with van der Waals surface area (Å²) < 4.78 is 11.6. The van der Waals surface area contributed by atoms with Crippen molar-refractivity contribution in [1.29, 1.82) is 0 Å². The molecule has 0 aromatic heterocycles. The molecular weight excluding hydrogens is 420 g/mol. The summed E-state index contributed by atoms with van der Waals surface area (Å²) in [6, 6.07) is 24.7. The molecule has 0 unspecified atom stereocenters. The van der Waals surface area contributed by atoms with Gasteiger partial charge in [0, 0.05) is 12.0 Å². The van der Waals surface area contributed by atoms with Gasteiger partial charge < -0.3 is 14.8 Å². The van der Waals surface area contributed by atoms with E-state index in [2.05, 4.69) is 29.7 Å². The number of carbonyl (C=O) groups is 1. The van der Waals surface area contributed by atoms with Crippen molar-refractivity contribution in [3.63, 3.8) is 0 Å².